The minimum atomic E-state index is -0.561. The number of aryl methyl sites for hydroxylation is 2. The lowest BCUT2D eigenvalue weighted by Gasteiger charge is -2.20. The molecule has 1 aromatic heterocycles. The fourth-order valence-electron chi connectivity index (χ4n) is 2.04. The van der Waals surface area contributed by atoms with Crippen molar-refractivity contribution in [2.75, 3.05) is 0 Å². The Balaban J connectivity index is 1.98. The Morgan fingerprint density at radius 3 is 2.46 bits per heavy atom. The Morgan fingerprint density at radius 2 is 1.85 bits per heavy atom. The van der Waals surface area contributed by atoms with Crippen molar-refractivity contribution in [3.05, 3.63) is 29.3 Å². The molecule has 140 valence electrons. The zero-order valence-electron chi connectivity index (χ0n) is 15.8. The highest BCUT2D eigenvalue weighted by atomic mass is 32.2. The van der Waals surface area contributed by atoms with Gasteiger partial charge in [0.2, 0.25) is 11.8 Å². The van der Waals surface area contributed by atoms with E-state index >= 15 is 0 Å². The normalized spacial score (nSPS) is 12.5. The molecule has 1 aromatic carbocycles. The van der Waals surface area contributed by atoms with Crippen LogP contribution in [0.5, 0.6) is 0 Å². The van der Waals surface area contributed by atoms with Crippen LogP contribution in [0.25, 0.3) is 11.5 Å². The fourth-order valence-corrected chi connectivity index (χ4v) is 2.72. The molecule has 7 nitrogen and oxygen atoms in total. The first-order chi connectivity index (χ1) is 12.0. The standard InChI is InChI=1S/C18H24N4O3S/c1-10-7-8-13(9-11(10)2)15-21-22-17(25-15)26-12(3)14(23)19-16(24)20-18(4,5)6/h7-9,12H,1-6H3,(H2,19,20,23,24)/t12-/m1/s1. The summed E-state index contributed by atoms with van der Waals surface area (Å²) in [7, 11) is 0. The Bertz CT molecular complexity index is 811. The first-order valence-corrected chi connectivity index (χ1v) is 9.14. The SMILES string of the molecule is Cc1ccc(-c2nnc(S[C@H](C)C(=O)NC(=O)NC(C)(C)C)o2)cc1C. The van der Waals surface area contributed by atoms with Gasteiger partial charge in [-0.05, 0) is 64.8 Å². The number of nitrogens with one attached hydrogen (secondary N) is 2. The van der Waals surface area contributed by atoms with Crippen molar-refractivity contribution < 1.29 is 14.0 Å². The first-order valence-electron chi connectivity index (χ1n) is 8.26. The number of rotatable bonds is 4. The van der Waals surface area contributed by atoms with Gasteiger partial charge in [-0.2, -0.15) is 0 Å². The van der Waals surface area contributed by atoms with Crippen molar-refractivity contribution in [2.45, 2.75) is 57.6 Å². The molecule has 2 N–H and O–H groups in total. The monoisotopic (exact) mass is 376 g/mol. The molecule has 0 aliphatic heterocycles. The van der Waals surface area contributed by atoms with E-state index < -0.39 is 22.7 Å². The average molecular weight is 376 g/mol. The van der Waals surface area contributed by atoms with Crippen LogP contribution in [0.15, 0.2) is 27.8 Å². The topological polar surface area (TPSA) is 97.1 Å². The molecule has 0 spiro atoms. The summed E-state index contributed by atoms with van der Waals surface area (Å²) in [6.45, 7) is 11.2. The van der Waals surface area contributed by atoms with Crippen LogP contribution in [-0.4, -0.2) is 32.9 Å². The number of imide groups is 1. The molecular formula is C18H24N4O3S. The fraction of sp³-hybridized carbons (Fsp3) is 0.444. The molecule has 2 rings (SSSR count). The van der Waals surface area contributed by atoms with E-state index in [-0.39, 0.29) is 5.22 Å². The van der Waals surface area contributed by atoms with Gasteiger partial charge in [0, 0.05) is 11.1 Å². The van der Waals surface area contributed by atoms with Crippen molar-refractivity contribution in [1.82, 2.24) is 20.8 Å². The largest absolute Gasteiger partial charge is 0.411 e. The summed E-state index contributed by atoms with van der Waals surface area (Å²) in [6.07, 6.45) is 0. The lowest BCUT2D eigenvalue weighted by Crippen LogP contribution is -2.49. The predicted molar refractivity (Wildman–Crippen MR) is 101 cm³/mol. The van der Waals surface area contributed by atoms with Crippen LogP contribution in [0.4, 0.5) is 4.79 Å². The number of carbonyl (C=O) groups excluding carboxylic acids is 2. The number of aromatic nitrogens is 2. The van der Waals surface area contributed by atoms with Gasteiger partial charge in [-0.1, -0.05) is 17.8 Å². The zero-order chi connectivity index (χ0) is 19.5. The number of carbonyl (C=O) groups is 2. The molecule has 8 heteroatoms. The van der Waals surface area contributed by atoms with E-state index in [2.05, 4.69) is 20.8 Å². The Morgan fingerprint density at radius 1 is 1.15 bits per heavy atom. The van der Waals surface area contributed by atoms with E-state index in [1.165, 1.54) is 5.56 Å². The van der Waals surface area contributed by atoms with Crippen molar-refractivity contribution in [3.63, 3.8) is 0 Å². The molecule has 0 fully saturated rings. The molecule has 3 amide bonds. The van der Waals surface area contributed by atoms with Crippen LogP contribution in [0.2, 0.25) is 0 Å². The van der Waals surface area contributed by atoms with Gasteiger partial charge in [0.1, 0.15) is 0 Å². The summed E-state index contributed by atoms with van der Waals surface area (Å²) in [4.78, 5) is 23.9. The van der Waals surface area contributed by atoms with Crippen LogP contribution in [0, 0.1) is 13.8 Å². The second-order valence-electron chi connectivity index (χ2n) is 7.13. The molecule has 0 aliphatic carbocycles. The Labute approximate surface area is 157 Å². The van der Waals surface area contributed by atoms with E-state index in [0.717, 1.165) is 22.9 Å². The number of hydrogen-bond donors (Lipinski definition) is 2. The van der Waals surface area contributed by atoms with Crippen LogP contribution < -0.4 is 10.6 Å². The van der Waals surface area contributed by atoms with Gasteiger partial charge in [-0.15, -0.1) is 10.2 Å². The third-order valence-electron chi connectivity index (χ3n) is 3.53. The molecule has 26 heavy (non-hydrogen) atoms. The van der Waals surface area contributed by atoms with E-state index in [9.17, 15) is 9.59 Å². The Kier molecular flexibility index (Phi) is 6.07. The minimum Gasteiger partial charge on any atom is -0.411 e. The maximum Gasteiger partial charge on any atom is 0.321 e. The number of hydrogen-bond acceptors (Lipinski definition) is 6. The van der Waals surface area contributed by atoms with Crippen LogP contribution >= 0.6 is 11.8 Å². The number of amides is 3. The van der Waals surface area contributed by atoms with Gasteiger partial charge in [-0.3, -0.25) is 10.1 Å². The highest BCUT2D eigenvalue weighted by Crippen LogP contribution is 2.27. The van der Waals surface area contributed by atoms with Crippen LogP contribution in [0.1, 0.15) is 38.8 Å². The van der Waals surface area contributed by atoms with Crippen molar-refractivity contribution in [2.24, 2.45) is 0 Å². The first kappa shape index (κ1) is 20.0. The predicted octanol–water partition coefficient (Wildman–Crippen LogP) is 3.46. The lowest BCUT2D eigenvalue weighted by atomic mass is 10.1. The molecule has 0 aliphatic rings. The second-order valence-corrected chi connectivity index (χ2v) is 8.42. The summed E-state index contributed by atoms with van der Waals surface area (Å²) in [5.74, 6) is -0.0311. The number of benzene rings is 1. The smallest absolute Gasteiger partial charge is 0.321 e. The molecule has 1 atom stereocenters. The quantitative estimate of drug-likeness (QED) is 0.793. The van der Waals surface area contributed by atoms with Gasteiger partial charge in [0.15, 0.2) is 0 Å². The third-order valence-corrected chi connectivity index (χ3v) is 4.47. The second kappa shape index (κ2) is 7.90. The highest BCUT2D eigenvalue weighted by Gasteiger charge is 2.22. The maximum atomic E-state index is 12.1. The molecule has 0 radical (unpaired) electrons. The average Bonchev–Trinajstić information content (AvgIpc) is 2.96. The molecule has 1 heterocycles. The molecule has 0 saturated carbocycles. The van der Waals surface area contributed by atoms with Crippen LogP contribution in [-0.2, 0) is 4.79 Å². The lowest BCUT2D eigenvalue weighted by molar-refractivity contribution is -0.119. The maximum absolute atomic E-state index is 12.1. The van der Waals surface area contributed by atoms with Gasteiger partial charge in [-0.25, -0.2) is 4.79 Å². The van der Waals surface area contributed by atoms with Gasteiger partial charge in [0.05, 0.1) is 5.25 Å². The molecule has 0 saturated heterocycles. The third kappa shape index (κ3) is 5.59. The van der Waals surface area contributed by atoms with Gasteiger partial charge in [0.25, 0.3) is 5.22 Å². The summed E-state index contributed by atoms with van der Waals surface area (Å²) in [5.41, 5.74) is 2.72. The molecule has 2 aromatic rings. The number of urea groups is 1. The van der Waals surface area contributed by atoms with Crippen molar-refractivity contribution >= 4 is 23.7 Å². The number of thioether (sulfide) groups is 1. The zero-order valence-corrected chi connectivity index (χ0v) is 16.7. The van der Waals surface area contributed by atoms with E-state index in [4.69, 9.17) is 4.42 Å². The van der Waals surface area contributed by atoms with E-state index in [0.29, 0.717) is 5.89 Å². The van der Waals surface area contributed by atoms with Crippen molar-refractivity contribution in [3.8, 4) is 11.5 Å². The molecule has 0 unspecified atom stereocenters. The van der Waals surface area contributed by atoms with E-state index in [1.54, 1.807) is 6.92 Å². The summed E-state index contributed by atoms with van der Waals surface area (Å²) >= 11 is 1.10. The number of nitrogens with zero attached hydrogens (tertiary/aromatic N) is 2. The summed E-state index contributed by atoms with van der Waals surface area (Å²) in [6, 6.07) is 5.35. The van der Waals surface area contributed by atoms with E-state index in [1.807, 2.05) is 52.8 Å². The molecule has 0 bridgehead atoms. The Hall–Kier alpha value is -2.35. The van der Waals surface area contributed by atoms with Gasteiger partial charge >= 0.3 is 6.03 Å². The van der Waals surface area contributed by atoms with Gasteiger partial charge < -0.3 is 9.73 Å². The highest BCUT2D eigenvalue weighted by molar-refractivity contribution is 8.00. The summed E-state index contributed by atoms with van der Waals surface area (Å²) < 4.78 is 5.63. The minimum absolute atomic E-state index is 0.275. The summed E-state index contributed by atoms with van der Waals surface area (Å²) in [5, 5.41) is 12.7. The molecular weight excluding hydrogens is 352 g/mol. The van der Waals surface area contributed by atoms with Crippen LogP contribution in [0.3, 0.4) is 0 Å². The van der Waals surface area contributed by atoms with Crippen molar-refractivity contribution in [1.29, 1.82) is 0 Å².